The van der Waals surface area contributed by atoms with Crippen molar-refractivity contribution in [3.8, 4) is 0 Å². The van der Waals surface area contributed by atoms with Gasteiger partial charge >= 0.3 is 0 Å². The van der Waals surface area contributed by atoms with Gasteiger partial charge in [0.2, 0.25) is 0 Å². The molecule has 62 valence electrons. The van der Waals surface area contributed by atoms with Gasteiger partial charge in [-0.1, -0.05) is 13.8 Å². The minimum absolute atomic E-state index is 0.431. The van der Waals surface area contributed by atoms with Crippen LogP contribution in [0.15, 0.2) is 0 Å². The summed E-state index contributed by atoms with van der Waals surface area (Å²) in [5.41, 5.74) is 0. The number of hydrogen-bond donors (Lipinski definition) is 1. The van der Waals surface area contributed by atoms with E-state index in [9.17, 15) is 4.21 Å². The first kappa shape index (κ1) is 10.1. The van der Waals surface area contributed by atoms with Crippen molar-refractivity contribution in [2.24, 2.45) is 0 Å². The third-order valence-corrected chi connectivity index (χ3v) is 3.03. The van der Waals surface area contributed by atoms with Gasteiger partial charge in [0.25, 0.3) is 0 Å². The molecule has 0 aromatic heterocycles. The fraction of sp³-hybridized carbons (Fsp3) is 1.00. The molecule has 0 rings (SSSR count). The lowest BCUT2D eigenvalue weighted by atomic mass is 10.3. The lowest BCUT2D eigenvalue weighted by Crippen LogP contribution is -2.30. The van der Waals surface area contributed by atoms with Gasteiger partial charge in [-0.3, -0.25) is 4.21 Å². The Hall–Kier alpha value is 0.110. The Kier molecular flexibility index (Phi) is 5.93. The van der Waals surface area contributed by atoms with Crippen LogP contribution < -0.4 is 5.32 Å². The van der Waals surface area contributed by atoms with Crippen molar-refractivity contribution in [3.05, 3.63) is 0 Å². The predicted molar refractivity (Wildman–Crippen MR) is 46.7 cm³/mol. The third-order valence-electron chi connectivity index (χ3n) is 1.61. The summed E-state index contributed by atoms with van der Waals surface area (Å²) in [5, 5.41) is 3.12. The van der Waals surface area contributed by atoms with Crippen LogP contribution in [0.3, 0.4) is 0 Å². The van der Waals surface area contributed by atoms with Gasteiger partial charge in [0.15, 0.2) is 0 Å². The molecule has 2 unspecified atom stereocenters. The molecule has 0 aliphatic carbocycles. The first-order valence-electron chi connectivity index (χ1n) is 3.76. The van der Waals surface area contributed by atoms with E-state index in [0.717, 1.165) is 17.9 Å². The van der Waals surface area contributed by atoms with Crippen LogP contribution in [0.1, 0.15) is 20.3 Å². The fourth-order valence-electron chi connectivity index (χ4n) is 0.748. The maximum Gasteiger partial charge on any atom is 0.0388 e. The van der Waals surface area contributed by atoms with Gasteiger partial charge < -0.3 is 5.32 Å². The Morgan fingerprint density at radius 3 is 2.40 bits per heavy atom. The molecule has 0 spiro atoms. The number of rotatable bonds is 5. The molecule has 2 atom stereocenters. The van der Waals surface area contributed by atoms with Crippen LogP contribution in [0.4, 0.5) is 0 Å². The minimum Gasteiger partial charge on any atom is -0.316 e. The van der Waals surface area contributed by atoms with E-state index in [2.05, 4.69) is 12.2 Å². The van der Waals surface area contributed by atoms with Crippen LogP contribution in [0.5, 0.6) is 0 Å². The van der Waals surface area contributed by atoms with Gasteiger partial charge in [0.1, 0.15) is 0 Å². The van der Waals surface area contributed by atoms with Gasteiger partial charge in [-0.05, 0) is 13.5 Å². The lowest BCUT2D eigenvalue weighted by molar-refractivity contribution is 0.590. The summed E-state index contributed by atoms with van der Waals surface area (Å²) in [6.45, 7) is 4.06. The Labute approximate surface area is 65.9 Å². The maximum atomic E-state index is 11.0. The van der Waals surface area contributed by atoms with E-state index in [4.69, 9.17) is 0 Å². The van der Waals surface area contributed by atoms with Crippen molar-refractivity contribution in [1.29, 1.82) is 0 Å². The van der Waals surface area contributed by atoms with Crippen molar-refractivity contribution in [2.75, 3.05) is 18.6 Å². The van der Waals surface area contributed by atoms with E-state index >= 15 is 0 Å². The molecule has 0 radical (unpaired) electrons. The molecule has 1 N–H and O–H groups in total. The SMILES string of the molecule is CCC(CS(=O)CC)NC. The summed E-state index contributed by atoms with van der Waals surface area (Å²) in [5.74, 6) is 1.57. The highest BCUT2D eigenvalue weighted by molar-refractivity contribution is 7.84. The Bertz CT molecular complexity index is 102. The van der Waals surface area contributed by atoms with Crippen LogP contribution >= 0.6 is 0 Å². The fourth-order valence-corrected chi connectivity index (χ4v) is 1.83. The Morgan fingerprint density at radius 2 is 2.10 bits per heavy atom. The van der Waals surface area contributed by atoms with E-state index in [-0.39, 0.29) is 0 Å². The van der Waals surface area contributed by atoms with Crippen molar-refractivity contribution >= 4 is 10.8 Å². The summed E-state index contributed by atoms with van der Waals surface area (Å²) >= 11 is 0. The van der Waals surface area contributed by atoms with Crippen LogP contribution in [0.25, 0.3) is 0 Å². The van der Waals surface area contributed by atoms with E-state index in [1.54, 1.807) is 0 Å². The molecular formula is C7H17NOS. The molecule has 0 bridgehead atoms. The van der Waals surface area contributed by atoms with Gasteiger partial charge in [0, 0.05) is 28.3 Å². The minimum atomic E-state index is -0.619. The molecule has 0 heterocycles. The zero-order valence-corrected chi connectivity index (χ0v) is 7.83. The zero-order valence-electron chi connectivity index (χ0n) is 7.02. The summed E-state index contributed by atoms with van der Waals surface area (Å²) in [4.78, 5) is 0. The first-order chi connectivity index (χ1) is 4.74. The molecule has 0 aromatic carbocycles. The molecule has 0 aliphatic heterocycles. The van der Waals surface area contributed by atoms with Crippen molar-refractivity contribution < 1.29 is 4.21 Å². The second kappa shape index (κ2) is 5.86. The first-order valence-corrected chi connectivity index (χ1v) is 5.25. The van der Waals surface area contributed by atoms with Crippen LogP contribution in [0.2, 0.25) is 0 Å². The van der Waals surface area contributed by atoms with Gasteiger partial charge in [-0.15, -0.1) is 0 Å². The molecule has 0 saturated heterocycles. The highest BCUT2D eigenvalue weighted by Gasteiger charge is 2.05. The van der Waals surface area contributed by atoms with Crippen molar-refractivity contribution in [3.63, 3.8) is 0 Å². The second-order valence-electron chi connectivity index (χ2n) is 2.29. The summed E-state index contributed by atoms with van der Waals surface area (Å²) in [6.07, 6.45) is 1.06. The average molecular weight is 163 g/mol. The average Bonchev–Trinajstić information content (AvgIpc) is 1.99. The topological polar surface area (TPSA) is 29.1 Å². The molecule has 2 nitrogen and oxygen atoms in total. The monoisotopic (exact) mass is 163 g/mol. The molecular weight excluding hydrogens is 146 g/mol. The highest BCUT2D eigenvalue weighted by atomic mass is 32.2. The summed E-state index contributed by atoms with van der Waals surface area (Å²) < 4.78 is 11.0. The quantitative estimate of drug-likeness (QED) is 0.648. The molecule has 0 aliphatic rings. The number of hydrogen-bond acceptors (Lipinski definition) is 2. The van der Waals surface area contributed by atoms with Crippen molar-refractivity contribution in [2.45, 2.75) is 26.3 Å². The zero-order chi connectivity index (χ0) is 7.98. The molecule has 10 heavy (non-hydrogen) atoms. The van der Waals surface area contributed by atoms with E-state index in [1.807, 2.05) is 14.0 Å². The van der Waals surface area contributed by atoms with Gasteiger partial charge in [-0.25, -0.2) is 0 Å². The predicted octanol–water partition coefficient (Wildman–Crippen LogP) is 0.753. The van der Waals surface area contributed by atoms with E-state index in [1.165, 1.54) is 0 Å². The van der Waals surface area contributed by atoms with Crippen LogP contribution in [-0.4, -0.2) is 28.8 Å². The summed E-state index contributed by atoms with van der Waals surface area (Å²) in [6, 6.07) is 0.431. The smallest absolute Gasteiger partial charge is 0.0388 e. The second-order valence-corrected chi connectivity index (χ2v) is 4.08. The van der Waals surface area contributed by atoms with Gasteiger partial charge in [0.05, 0.1) is 0 Å². The van der Waals surface area contributed by atoms with Gasteiger partial charge in [-0.2, -0.15) is 0 Å². The lowest BCUT2D eigenvalue weighted by Gasteiger charge is -2.11. The molecule has 0 saturated carbocycles. The molecule has 0 aromatic rings. The maximum absolute atomic E-state index is 11.0. The van der Waals surface area contributed by atoms with Crippen LogP contribution in [-0.2, 0) is 10.8 Å². The third kappa shape index (κ3) is 4.01. The van der Waals surface area contributed by atoms with Crippen LogP contribution in [0, 0.1) is 0 Å². The summed E-state index contributed by atoms with van der Waals surface area (Å²) in [7, 11) is 1.30. The standard InChI is InChI=1S/C7H17NOS/c1-4-7(8-3)6-10(9)5-2/h7-8H,4-6H2,1-3H3. The normalized spacial score (nSPS) is 16.7. The molecule has 3 heteroatoms. The van der Waals surface area contributed by atoms with Crippen molar-refractivity contribution in [1.82, 2.24) is 5.32 Å². The molecule has 0 amide bonds. The van der Waals surface area contributed by atoms with E-state index in [0.29, 0.717) is 6.04 Å². The Morgan fingerprint density at radius 1 is 1.50 bits per heavy atom. The largest absolute Gasteiger partial charge is 0.316 e. The number of nitrogens with one attached hydrogen (secondary N) is 1. The Balaban J connectivity index is 3.52. The van der Waals surface area contributed by atoms with E-state index < -0.39 is 10.8 Å². The highest BCUT2D eigenvalue weighted by Crippen LogP contribution is 1.93. The molecule has 0 fully saturated rings.